The Kier molecular flexibility index (Phi) is 7.57. The van der Waals surface area contributed by atoms with Gasteiger partial charge < -0.3 is 16.0 Å². The molecule has 2 aromatic rings. The zero-order valence-corrected chi connectivity index (χ0v) is 17.2. The molecule has 3 N–H and O–H groups in total. The molecule has 0 radical (unpaired) electrons. The van der Waals surface area contributed by atoms with Crippen LogP contribution in [0.2, 0.25) is 0 Å². The number of carbonyl (C=O) groups excluding carboxylic acids is 3. The minimum absolute atomic E-state index is 0.0398. The van der Waals surface area contributed by atoms with Crippen molar-refractivity contribution in [2.45, 2.75) is 32.2 Å². The normalized spacial score (nSPS) is 16.5. The molecular formula is C23H28N4O3. The van der Waals surface area contributed by atoms with Crippen molar-refractivity contribution in [3.05, 3.63) is 60.2 Å². The highest BCUT2D eigenvalue weighted by atomic mass is 16.2. The Morgan fingerprint density at radius 1 is 0.967 bits per heavy atom. The molecule has 0 spiro atoms. The zero-order valence-electron chi connectivity index (χ0n) is 17.2. The number of piperidine rings is 1. The third kappa shape index (κ3) is 6.42. The number of nitrogens with zero attached hydrogens (tertiary/aromatic N) is 1. The molecular weight excluding hydrogens is 380 g/mol. The molecule has 1 aliphatic rings. The number of Topliss-reactive ketones (excluding diaryl/α,β-unsaturated/α-hetero) is 1. The predicted octanol–water partition coefficient (Wildman–Crippen LogP) is 3.50. The van der Waals surface area contributed by atoms with Gasteiger partial charge in [0.2, 0.25) is 5.91 Å². The van der Waals surface area contributed by atoms with Crippen LogP contribution < -0.4 is 16.0 Å². The van der Waals surface area contributed by atoms with Crippen LogP contribution in [0.3, 0.4) is 0 Å². The van der Waals surface area contributed by atoms with Crippen molar-refractivity contribution in [1.82, 2.24) is 10.2 Å². The van der Waals surface area contributed by atoms with Crippen molar-refractivity contribution < 1.29 is 14.4 Å². The van der Waals surface area contributed by atoms with Gasteiger partial charge in [0.1, 0.15) is 0 Å². The molecule has 1 aliphatic heterocycles. The number of urea groups is 1. The molecule has 158 valence electrons. The van der Waals surface area contributed by atoms with E-state index in [2.05, 4.69) is 20.9 Å². The highest BCUT2D eigenvalue weighted by Gasteiger charge is 2.24. The second-order valence-corrected chi connectivity index (χ2v) is 7.51. The third-order valence-electron chi connectivity index (χ3n) is 5.18. The number of ketones is 1. The molecule has 3 rings (SSSR count). The molecule has 1 saturated heterocycles. The predicted molar refractivity (Wildman–Crippen MR) is 118 cm³/mol. The number of carbonyl (C=O) groups is 3. The molecule has 1 atom stereocenters. The number of benzene rings is 2. The summed E-state index contributed by atoms with van der Waals surface area (Å²) in [5.74, 6) is -0.168. The second kappa shape index (κ2) is 10.5. The van der Waals surface area contributed by atoms with Crippen molar-refractivity contribution in [2.24, 2.45) is 0 Å². The van der Waals surface area contributed by atoms with E-state index in [0.717, 1.165) is 31.5 Å². The maximum absolute atomic E-state index is 12.5. The van der Waals surface area contributed by atoms with Gasteiger partial charge in [0.15, 0.2) is 5.78 Å². The highest BCUT2D eigenvalue weighted by molar-refractivity contribution is 5.97. The van der Waals surface area contributed by atoms with E-state index in [4.69, 9.17) is 0 Å². The van der Waals surface area contributed by atoms with E-state index in [9.17, 15) is 14.4 Å². The summed E-state index contributed by atoms with van der Waals surface area (Å²) in [5.41, 5.74) is 1.92. The summed E-state index contributed by atoms with van der Waals surface area (Å²) in [6.07, 6.45) is 3.03. The largest absolute Gasteiger partial charge is 0.336 e. The van der Waals surface area contributed by atoms with E-state index in [0.29, 0.717) is 17.8 Å². The highest BCUT2D eigenvalue weighted by Crippen LogP contribution is 2.17. The zero-order chi connectivity index (χ0) is 21.3. The Hall–Kier alpha value is -3.19. The Bertz CT molecular complexity index is 885. The fourth-order valence-corrected chi connectivity index (χ4v) is 3.61. The van der Waals surface area contributed by atoms with Gasteiger partial charge >= 0.3 is 6.03 Å². The molecule has 0 aliphatic carbocycles. The lowest BCUT2D eigenvalue weighted by atomic mass is 10.0. The first-order valence-electron chi connectivity index (χ1n) is 10.3. The van der Waals surface area contributed by atoms with Crippen LogP contribution in [-0.4, -0.2) is 48.3 Å². The molecule has 7 nitrogen and oxygen atoms in total. The van der Waals surface area contributed by atoms with Crippen LogP contribution in [0.15, 0.2) is 54.6 Å². The van der Waals surface area contributed by atoms with Gasteiger partial charge in [-0.25, -0.2) is 4.79 Å². The molecule has 0 saturated carbocycles. The van der Waals surface area contributed by atoms with Gasteiger partial charge in [0.25, 0.3) is 0 Å². The van der Waals surface area contributed by atoms with Gasteiger partial charge in [-0.2, -0.15) is 0 Å². The van der Waals surface area contributed by atoms with Gasteiger partial charge in [-0.1, -0.05) is 36.8 Å². The summed E-state index contributed by atoms with van der Waals surface area (Å²) in [5, 5.41) is 8.59. The number of hydrogen-bond donors (Lipinski definition) is 3. The van der Waals surface area contributed by atoms with Crippen LogP contribution >= 0.6 is 0 Å². The maximum atomic E-state index is 12.5. The lowest BCUT2D eigenvalue weighted by molar-refractivity contribution is -0.118. The Morgan fingerprint density at radius 3 is 2.50 bits per heavy atom. The van der Waals surface area contributed by atoms with E-state index < -0.39 is 0 Å². The molecule has 3 amide bonds. The molecule has 1 fully saturated rings. The summed E-state index contributed by atoms with van der Waals surface area (Å²) in [6.45, 7) is 3.04. The minimum Gasteiger partial charge on any atom is -0.336 e. The summed E-state index contributed by atoms with van der Waals surface area (Å²) in [6, 6.07) is 16.1. The van der Waals surface area contributed by atoms with Gasteiger partial charge in [-0.15, -0.1) is 0 Å². The molecule has 0 bridgehead atoms. The van der Waals surface area contributed by atoms with Crippen molar-refractivity contribution in [3.63, 3.8) is 0 Å². The topological polar surface area (TPSA) is 90.5 Å². The van der Waals surface area contributed by atoms with E-state index in [1.165, 1.54) is 6.92 Å². The van der Waals surface area contributed by atoms with Crippen LogP contribution in [0.25, 0.3) is 0 Å². The second-order valence-electron chi connectivity index (χ2n) is 7.51. The van der Waals surface area contributed by atoms with Crippen LogP contribution in [-0.2, 0) is 4.79 Å². The van der Waals surface area contributed by atoms with Crippen molar-refractivity contribution in [3.8, 4) is 0 Å². The average Bonchev–Trinajstić information content (AvgIpc) is 2.74. The molecule has 1 unspecified atom stereocenters. The van der Waals surface area contributed by atoms with Gasteiger partial charge in [0, 0.05) is 29.5 Å². The number of rotatable bonds is 7. The quantitative estimate of drug-likeness (QED) is 0.612. The molecule has 2 aromatic carbocycles. The fraction of sp³-hybridized carbons (Fsp3) is 0.348. The van der Waals surface area contributed by atoms with E-state index in [-0.39, 0.29) is 30.3 Å². The lowest BCUT2D eigenvalue weighted by Crippen LogP contribution is -2.49. The molecule has 30 heavy (non-hydrogen) atoms. The lowest BCUT2D eigenvalue weighted by Gasteiger charge is -2.35. The molecule has 0 aromatic heterocycles. The Labute approximate surface area is 176 Å². The number of hydrogen-bond acceptors (Lipinski definition) is 4. The van der Waals surface area contributed by atoms with E-state index in [1.54, 1.807) is 24.3 Å². The van der Waals surface area contributed by atoms with Gasteiger partial charge in [-0.05, 0) is 50.6 Å². The first kappa shape index (κ1) is 21.5. The first-order valence-corrected chi connectivity index (χ1v) is 10.3. The summed E-state index contributed by atoms with van der Waals surface area (Å²) >= 11 is 0. The maximum Gasteiger partial charge on any atom is 0.319 e. The Balaban J connectivity index is 1.51. The number of likely N-dealkylation sites (tertiary alicyclic amines) is 1. The molecule has 7 heteroatoms. The fourth-order valence-electron chi connectivity index (χ4n) is 3.61. The summed E-state index contributed by atoms with van der Waals surface area (Å²) in [7, 11) is 0. The van der Waals surface area contributed by atoms with Gasteiger partial charge in [0.05, 0.1) is 6.54 Å². The Morgan fingerprint density at radius 2 is 1.73 bits per heavy atom. The SMILES string of the molecule is CC(=O)c1cccc(NC(=O)CN2CCCCC2CNC(=O)Nc2ccccc2)c1. The van der Waals surface area contributed by atoms with E-state index in [1.807, 2.05) is 30.3 Å². The van der Waals surface area contributed by atoms with Crippen LogP contribution in [0.1, 0.15) is 36.5 Å². The minimum atomic E-state index is -0.253. The number of amides is 3. The van der Waals surface area contributed by atoms with Crippen LogP contribution in [0.4, 0.5) is 16.2 Å². The average molecular weight is 409 g/mol. The monoisotopic (exact) mass is 408 g/mol. The van der Waals surface area contributed by atoms with Crippen molar-refractivity contribution >= 4 is 29.1 Å². The van der Waals surface area contributed by atoms with E-state index >= 15 is 0 Å². The first-order chi connectivity index (χ1) is 14.5. The molecule has 1 heterocycles. The number of anilines is 2. The van der Waals surface area contributed by atoms with Crippen LogP contribution in [0, 0.1) is 0 Å². The summed E-state index contributed by atoms with van der Waals surface area (Å²) in [4.78, 5) is 38.3. The van der Waals surface area contributed by atoms with Gasteiger partial charge in [-0.3, -0.25) is 14.5 Å². The standard InChI is InChI=1S/C23H28N4O3/c1-17(28)18-8-7-11-20(14-18)25-22(29)16-27-13-6-5-12-21(27)15-24-23(30)26-19-9-3-2-4-10-19/h2-4,7-11,14,21H,5-6,12-13,15-16H2,1H3,(H,25,29)(H2,24,26,30). The van der Waals surface area contributed by atoms with Crippen molar-refractivity contribution in [1.29, 1.82) is 0 Å². The van der Waals surface area contributed by atoms with Crippen molar-refractivity contribution in [2.75, 3.05) is 30.3 Å². The number of para-hydroxylation sites is 1. The van der Waals surface area contributed by atoms with Crippen LogP contribution in [0.5, 0.6) is 0 Å². The third-order valence-corrected chi connectivity index (χ3v) is 5.18. The smallest absolute Gasteiger partial charge is 0.319 e. The summed E-state index contributed by atoms with van der Waals surface area (Å²) < 4.78 is 0. The number of nitrogens with one attached hydrogen (secondary N) is 3.